The summed E-state index contributed by atoms with van der Waals surface area (Å²) in [4.78, 5) is 12.7. The van der Waals surface area contributed by atoms with Crippen LogP contribution in [0.2, 0.25) is 0 Å². The molecule has 1 radical (unpaired) electrons. The van der Waals surface area contributed by atoms with E-state index in [0.29, 0.717) is 13.0 Å². The van der Waals surface area contributed by atoms with Gasteiger partial charge in [-0.15, -0.1) is 0 Å². The van der Waals surface area contributed by atoms with Gasteiger partial charge in [-0.2, -0.15) is 0 Å². The van der Waals surface area contributed by atoms with Gasteiger partial charge in [-0.05, 0) is 79.4 Å². The molecule has 3 aromatic rings. The van der Waals surface area contributed by atoms with E-state index in [4.69, 9.17) is 14.6 Å². The molecule has 0 amide bonds. The van der Waals surface area contributed by atoms with Crippen LogP contribution in [0.5, 0.6) is 17.2 Å². The average molecular weight is 535 g/mol. The van der Waals surface area contributed by atoms with Gasteiger partial charge in [0.15, 0.2) is 0 Å². The quantitative estimate of drug-likeness (QED) is 0.326. The first kappa shape index (κ1) is 28.0. The van der Waals surface area contributed by atoms with Crippen LogP contribution in [0.15, 0.2) is 72.8 Å². The Morgan fingerprint density at radius 1 is 0.941 bits per heavy atom. The Kier molecular flexibility index (Phi) is 11.2. The molecule has 1 aliphatic rings. The number of aryl methyl sites for hydroxylation is 2. The number of rotatable bonds is 10. The summed E-state index contributed by atoms with van der Waals surface area (Å²) >= 11 is 0. The van der Waals surface area contributed by atoms with Crippen molar-refractivity contribution < 1.29 is 52.1 Å². The van der Waals surface area contributed by atoms with Gasteiger partial charge in [0.2, 0.25) is 0 Å². The number of ether oxygens (including phenoxy) is 2. The molecule has 0 aromatic heterocycles. The normalized spacial score (nSPS) is 12.8. The van der Waals surface area contributed by atoms with Crippen molar-refractivity contribution in [1.29, 1.82) is 0 Å². The van der Waals surface area contributed by atoms with E-state index in [1.165, 1.54) is 17.5 Å². The number of carboxylic acids is 1. The van der Waals surface area contributed by atoms with Gasteiger partial charge in [-0.1, -0.05) is 36.4 Å². The number of carboxylic acid groups (broad SMARTS) is 1. The molecule has 6 heteroatoms. The maximum absolute atomic E-state index is 10.9. The largest absolute Gasteiger partial charge is 0.486 e. The number of benzene rings is 3. The van der Waals surface area contributed by atoms with Gasteiger partial charge in [0.1, 0.15) is 23.4 Å². The van der Waals surface area contributed by atoms with Crippen LogP contribution in [-0.2, 0) is 50.3 Å². The topological polar surface area (TPSA) is 59.0 Å². The standard InChI is InChI=1S/C27H29NO4.CH3.Y/c1-28(19-27(29)30)17-16-26(21-6-3-2-4-7-21)32-24-14-12-23(13-15-24)31-25-11-10-20-8-5-9-22(20)18-25;;/h2-4,6-7,10-15,18,26H,5,8-9,16-17,19H2,1H3,(H,29,30);1H3;/q;-1;. The fourth-order valence-electron chi connectivity index (χ4n) is 4.11. The zero-order chi connectivity index (χ0) is 22.3. The van der Waals surface area contributed by atoms with Gasteiger partial charge in [-0.25, -0.2) is 0 Å². The molecule has 177 valence electrons. The van der Waals surface area contributed by atoms with Gasteiger partial charge in [0.05, 0.1) is 6.54 Å². The van der Waals surface area contributed by atoms with Crippen molar-refractivity contribution in [3.05, 3.63) is 96.9 Å². The fraction of sp³-hybridized carbons (Fsp3) is 0.286. The van der Waals surface area contributed by atoms with Crippen molar-refractivity contribution in [3.63, 3.8) is 0 Å². The van der Waals surface area contributed by atoms with Gasteiger partial charge < -0.3 is 22.0 Å². The molecule has 0 saturated heterocycles. The Morgan fingerprint density at radius 3 is 2.29 bits per heavy atom. The molecule has 0 bridgehead atoms. The van der Waals surface area contributed by atoms with Crippen molar-refractivity contribution in [2.75, 3.05) is 20.1 Å². The molecule has 0 spiro atoms. The number of hydrogen-bond acceptors (Lipinski definition) is 4. The third kappa shape index (κ3) is 7.94. The van der Waals surface area contributed by atoms with Crippen LogP contribution in [-0.4, -0.2) is 36.1 Å². The van der Waals surface area contributed by atoms with Crippen molar-refractivity contribution >= 4 is 5.97 Å². The predicted molar refractivity (Wildman–Crippen MR) is 131 cm³/mol. The molecule has 34 heavy (non-hydrogen) atoms. The summed E-state index contributed by atoms with van der Waals surface area (Å²) < 4.78 is 12.3. The maximum atomic E-state index is 10.9. The van der Waals surface area contributed by atoms with Crippen molar-refractivity contribution in [2.24, 2.45) is 0 Å². The molecular weight excluding hydrogens is 503 g/mol. The van der Waals surface area contributed by atoms with Crippen molar-refractivity contribution in [2.45, 2.75) is 31.8 Å². The van der Waals surface area contributed by atoms with Crippen molar-refractivity contribution in [1.82, 2.24) is 4.90 Å². The molecule has 3 aromatic carbocycles. The second kappa shape index (κ2) is 13.6. The minimum atomic E-state index is -0.830. The number of fused-ring (bicyclic) bond motifs is 1. The van der Waals surface area contributed by atoms with E-state index >= 15 is 0 Å². The van der Waals surface area contributed by atoms with Crippen LogP contribution in [0.3, 0.4) is 0 Å². The van der Waals surface area contributed by atoms with E-state index in [1.807, 2.05) is 60.7 Å². The number of aliphatic carboxylic acids is 1. The monoisotopic (exact) mass is 535 g/mol. The molecule has 0 heterocycles. The average Bonchev–Trinajstić information content (AvgIpc) is 3.26. The molecule has 1 N–H and O–H groups in total. The second-order valence-electron chi connectivity index (χ2n) is 8.29. The Labute approximate surface area is 228 Å². The maximum Gasteiger partial charge on any atom is 0.317 e. The zero-order valence-electron chi connectivity index (χ0n) is 19.9. The van der Waals surface area contributed by atoms with Crippen LogP contribution in [0.4, 0.5) is 0 Å². The number of carbonyl (C=O) groups is 1. The summed E-state index contributed by atoms with van der Waals surface area (Å²) in [5.41, 5.74) is 3.89. The third-order valence-electron chi connectivity index (χ3n) is 5.76. The zero-order valence-corrected chi connectivity index (χ0v) is 22.8. The van der Waals surface area contributed by atoms with Gasteiger partial charge >= 0.3 is 5.97 Å². The Morgan fingerprint density at radius 2 is 1.59 bits per heavy atom. The summed E-state index contributed by atoms with van der Waals surface area (Å²) in [6.45, 7) is 0.627. The number of nitrogens with zero attached hydrogens (tertiary/aromatic N) is 1. The minimum Gasteiger partial charge on any atom is -0.486 e. The Bertz CT molecular complexity index is 1040. The second-order valence-corrected chi connectivity index (χ2v) is 8.29. The van der Waals surface area contributed by atoms with Gasteiger partial charge in [-0.3, -0.25) is 9.69 Å². The smallest absolute Gasteiger partial charge is 0.317 e. The molecule has 1 unspecified atom stereocenters. The van der Waals surface area contributed by atoms with Crippen LogP contribution in [0, 0.1) is 7.43 Å². The molecule has 0 aliphatic heterocycles. The summed E-state index contributed by atoms with van der Waals surface area (Å²) in [7, 11) is 1.81. The van der Waals surface area contributed by atoms with Crippen molar-refractivity contribution in [3.8, 4) is 17.2 Å². The summed E-state index contributed by atoms with van der Waals surface area (Å²) in [5.74, 6) is 1.56. The molecule has 0 saturated carbocycles. The molecule has 1 aliphatic carbocycles. The molecule has 1 atom stereocenters. The Balaban J connectivity index is 0.00000204. The molecule has 4 rings (SSSR count). The molecule has 0 fully saturated rings. The van der Waals surface area contributed by atoms with E-state index in [1.54, 1.807) is 11.9 Å². The van der Waals surface area contributed by atoms with E-state index in [2.05, 4.69) is 12.1 Å². The van der Waals surface area contributed by atoms with Crippen LogP contribution < -0.4 is 9.47 Å². The Hall–Kier alpha value is -2.21. The van der Waals surface area contributed by atoms with E-state index in [-0.39, 0.29) is 52.8 Å². The fourth-order valence-corrected chi connectivity index (χ4v) is 4.11. The number of hydrogen-bond donors (Lipinski definition) is 1. The van der Waals surface area contributed by atoms with Crippen LogP contribution in [0.25, 0.3) is 0 Å². The molecular formula is C28H32NO4Y-. The first-order valence-electron chi connectivity index (χ1n) is 11.1. The summed E-state index contributed by atoms with van der Waals surface area (Å²) in [6.07, 6.45) is 4.02. The number of likely N-dealkylation sites (N-methyl/N-ethyl adjacent to an activating group) is 1. The van der Waals surface area contributed by atoms with Crippen LogP contribution >= 0.6 is 0 Å². The first-order valence-corrected chi connectivity index (χ1v) is 11.1. The van der Waals surface area contributed by atoms with E-state index in [0.717, 1.165) is 35.7 Å². The summed E-state index contributed by atoms with van der Waals surface area (Å²) in [6, 6.07) is 24.0. The SMILES string of the molecule is CN(CCC(Oc1ccc(Oc2ccc3c(c2)CCC3)cc1)c1ccccc1)CC(=O)O.[CH3-].[Y]. The van der Waals surface area contributed by atoms with Crippen LogP contribution in [0.1, 0.15) is 35.6 Å². The van der Waals surface area contributed by atoms with Gasteiger partial charge in [0.25, 0.3) is 0 Å². The third-order valence-corrected chi connectivity index (χ3v) is 5.76. The predicted octanol–water partition coefficient (Wildman–Crippen LogP) is 5.94. The van der Waals surface area contributed by atoms with Gasteiger partial charge in [0, 0.05) is 45.7 Å². The molecule has 5 nitrogen and oxygen atoms in total. The van der Waals surface area contributed by atoms with E-state index < -0.39 is 5.97 Å². The van der Waals surface area contributed by atoms with E-state index in [9.17, 15) is 4.79 Å². The first-order chi connectivity index (χ1) is 15.6. The minimum absolute atomic E-state index is 0. The summed E-state index contributed by atoms with van der Waals surface area (Å²) in [5, 5.41) is 8.99.